The monoisotopic (exact) mass is 259 g/mol. The standard InChI is InChI=1S/C10H14BrNO2/c1-14-7-3-5-9(13)10-8(11)4-2-6-12-10/h2,4,6,9,13H,3,5,7H2,1H3. The Morgan fingerprint density at radius 3 is 3.07 bits per heavy atom. The highest BCUT2D eigenvalue weighted by atomic mass is 79.9. The van der Waals surface area contributed by atoms with Crippen molar-refractivity contribution in [2.45, 2.75) is 18.9 Å². The molecule has 78 valence electrons. The van der Waals surface area contributed by atoms with Gasteiger partial charge in [-0.15, -0.1) is 0 Å². The number of pyridine rings is 1. The number of rotatable bonds is 5. The highest BCUT2D eigenvalue weighted by molar-refractivity contribution is 9.10. The van der Waals surface area contributed by atoms with Gasteiger partial charge in [0.1, 0.15) is 0 Å². The highest BCUT2D eigenvalue weighted by Gasteiger charge is 2.11. The molecule has 0 aromatic carbocycles. The van der Waals surface area contributed by atoms with E-state index >= 15 is 0 Å². The summed E-state index contributed by atoms with van der Waals surface area (Å²) in [6, 6.07) is 3.71. The number of halogens is 1. The molecule has 14 heavy (non-hydrogen) atoms. The van der Waals surface area contributed by atoms with Crippen molar-refractivity contribution in [1.29, 1.82) is 0 Å². The average Bonchev–Trinajstić information content (AvgIpc) is 2.18. The molecule has 1 N–H and O–H groups in total. The lowest BCUT2D eigenvalue weighted by atomic mass is 10.1. The molecule has 1 unspecified atom stereocenters. The smallest absolute Gasteiger partial charge is 0.0972 e. The van der Waals surface area contributed by atoms with Gasteiger partial charge in [0.25, 0.3) is 0 Å². The fourth-order valence-electron chi connectivity index (χ4n) is 1.20. The third-order valence-corrected chi connectivity index (χ3v) is 2.60. The van der Waals surface area contributed by atoms with Gasteiger partial charge in [0.05, 0.1) is 11.8 Å². The van der Waals surface area contributed by atoms with Crippen molar-refractivity contribution in [2.75, 3.05) is 13.7 Å². The van der Waals surface area contributed by atoms with Gasteiger partial charge in [-0.05, 0) is 40.9 Å². The van der Waals surface area contributed by atoms with Crippen LogP contribution < -0.4 is 0 Å². The molecule has 0 aliphatic carbocycles. The van der Waals surface area contributed by atoms with E-state index in [1.54, 1.807) is 13.3 Å². The summed E-state index contributed by atoms with van der Waals surface area (Å²) in [7, 11) is 1.66. The second-order valence-corrected chi connectivity index (χ2v) is 3.88. The molecule has 0 radical (unpaired) electrons. The molecule has 0 aliphatic heterocycles. The Labute approximate surface area is 92.3 Å². The maximum absolute atomic E-state index is 9.78. The second-order valence-electron chi connectivity index (χ2n) is 3.02. The van der Waals surface area contributed by atoms with Gasteiger partial charge in [-0.3, -0.25) is 4.98 Å². The number of nitrogens with zero attached hydrogens (tertiary/aromatic N) is 1. The largest absolute Gasteiger partial charge is 0.387 e. The average molecular weight is 260 g/mol. The van der Waals surface area contributed by atoms with Crippen LogP contribution in [0.25, 0.3) is 0 Å². The summed E-state index contributed by atoms with van der Waals surface area (Å²) in [4.78, 5) is 4.12. The van der Waals surface area contributed by atoms with E-state index in [-0.39, 0.29) is 0 Å². The van der Waals surface area contributed by atoms with Crippen molar-refractivity contribution < 1.29 is 9.84 Å². The van der Waals surface area contributed by atoms with E-state index < -0.39 is 6.10 Å². The van der Waals surface area contributed by atoms with E-state index in [4.69, 9.17) is 4.74 Å². The maximum Gasteiger partial charge on any atom is 0.0972 e. The van der Waals surface area contributed by atoms with Crippen LogP contribution in [0.4, 0.5) is 0 Å². The summed E-state index contributed by atoms with van der Waals surface area (Å²) in [5, 5.41) is 9.78. The molecule has 1 aromatic heterocycles. The van der Waals surface area contributed by atoms with Gasteiger partial charge < -0.3 is 9.84 Å². The third-order valence-electron chi connectivity index (χ3n) is 1.93. The van der Waals surface area contributed by atoms with Crippen LogP contribution in [-0.4, -0.2) is 23.8 Å². The highest BCUT2D eigenvalue weighted by Crippen LogP contribution is 2.23. The number of methoxy groups -OCH3 is 1. The number of aromatic nitrogens is 1. The Hall–Kier alpha value is -0.450. The van der Waals surface area contributed by atoms with E-state index in [1.165, 1.54) is 0 Å². The molecular formula is C10H14BrNO2. The van der Waals surface area contributed by atoms with Crippen LogP contribution in [0.2, 0.25) is 0 Å². The van der Waals surface area contributed by atoms with E-state index in [0.717, 1.165) is 10.9 Å². The molecule has 0 fully saturated rings. The van der Waals surface area contributed by atoms with Crippen LogP contribution >= 0.6 is 15.9 Å². The lowest BCUT2D eigenvalue weighted by molar-refractivity contribution is 0.132. The summed E-state index contributed by atoms with van der Waals surface area (Å²) in [5.41, 5.74) is 0.698. The van der Waals surface area contributed by atoms with E-state index in [9.17, 15) is 5.11 Å². The minimum atomic E-state index is -0.513. The van der Waals surface area contributed by atoms with Crippen LogP contribution in [0.1, 0.15) is 24.6 Å². The first-order chi connectivity index (χ1) is 6.75. The Bertz CT molecular complexity index is 281. The zero-order chi connectivity index (χ0) is 10.4. The SMILES string of the molecule is COCCCC(O)c1ncccc1Br. The van der Waals surface area contributed by atoms with E-state index in [2.05, 4.69) is 20.9 Å². The molecule has 1 aromatic rings. The third kappa shape index (κ3) is 3.36. The molecule has 0 saturated heterocycles. The van der Waals surface area contributed by atoms with Crippen molar-refractivity contribution in [3.63, 3.8) is 0 Å². The lowest BCUT2D eigenvalue weighted by Crippen LogP contribution is -2.02. The topological polar surface area (TPSA) is 42.4 Å². The van der Waals surface area contributed by atoms with Crippen LogP contribution in [0.3, 0.4) is 0 Å². The zero-order valence-electron chi connectivity index (χ0n) is 8.11. The van der Waals surface area contributed by atoms with Gasteiger partial charge in [0.15, 0.2) is 0 Å². The summed E-state index contributed by atoms with van der Waals surface area (Å²) >= 11 is 3.35. The van der Waals surface area contributed by atoms with Gasteiger partial charge in [0, 0.05) is 24.4 Å². The fraction of sp³-hybridized carbons (Fsp3) is 0.500. The Morgan fingerprint density at radius 1 is 1.64 bits per heavy atom. The lowest BCUT2D eigenvalue weighted by Gasteiger charge is -2.10. The van der Waals surface area contributed by atoms with Gasteiger partial charge in [-0.1, -0.05) is 0 Å². The number of aliphatic hydroxyl groups excluding tert-OH is 1. The Kier molecular flexibility index (Phi) is 5.07. The molecule has 1 heterocycles. The zero-order valence-corrected chi connectivity index (χ0v) is 9.70. The van der Waals surface area contributed by atoms with E-state index in [1.807, 2.05) is 12.1 Å². The number of hydrogen-bond donors (Lipinski definition) is 1. The number of ether oxygens (including phenoxy) is 1. The molecule has 0 aliphatic rings. The van der Waals surface area contributed by atoms with Crippen molar-refractivity contribution in [3.8, 4) is 0 Å². The minimum absolute atomic E-state index is 0.513. The quantitative estimate of drug-likeness (QED) is 0.826. The number of hydrogen-bond acceptors (Lipinski definition) is 3. The van der Waals surface area contributed by atoms with Crippen molar-refractivity contribution >= 4 is 15.9 Å². The molecular weight excluding hydrogens is 246 g/mol. The van der Waals surface area contributed by atoms with Crippen molar-refractivity contribution in [3.05, 3.63) is 28.5 Å². The van der Waals surface area contributed by atoms with Gasteiger partial charge in [0.2, 0.25) is 0 Å². The van der Waals surface area contributed by atoms with E-state index in [0.29, 0.717) is 18.7 Å². The molecule has 0 spiro atoms. The molecule has 0 saturated carbocycles. The molecule has 4 heteroatoms. The predicted octanol–water partition coefficient (Wildman–Crippen LogP) is 2.30. The first kappa shape index (κ1) is 11.6. The number of aliphatic hydroxyl groups is 1. The minimum Gasteiger partial charge on any atom is -0.387 e. The van der Waals surface area contributed by atoms with Crippen LogP contribution in [-0.2, 0) is 4.74 Å². The van der Waals surface area contributed by atoms with Crippen molar-refractivity contribution in [2.24, 2.45) is 0 Å². The van der Waals surface area contributed by atoms with Gasteiger partial charge >= 0.3 is 0 Å². The molecule has 1 atom stereocenters. The normalized spacial score (nSPS) is 12.8. The molecule has 0 bridgehead atoms. The fourth-order valence-corrected chi connectivity index (χ4v) is 1.72. The molecule has 0 amide bonds. The van der Waals surface area contributed by atoms with Gasteiger partial charge in [-0.2, -0.15) is 0 Å². The Balaban J connectivity index is 2.51. The van der Waals surface area contributed by atoms with Gasteiger partial charge in [-0.25, -0.2) is 0 Å². The first-order valence-corrected chi connectivity index (χ1v) is 5.32. The molecule has 3 nitrogen and oxygen atoms in total. The summed E-state index contributed by atoms with van der Waals surface area (Å²) in [5.74, 6) is 0. The summed E-state index contributed by atoms with van der Waals surface area (Å²) < 4.78 is 5.77. The van der Waals surface area contributed by atoms with Crippen LogP contribution in [0.5, 0.6) is 0 Å². The first-order valence-electron chi connectivity index (χ1n) is 4.53. The van der Waals surface area contributed by atoms with Crippen LogP contribution in [0.15, 0.2) is 22.8 Å². The molecule has 1 rings (SSSR count). The maximum atomic E-state index is 9.78. The predicted molar refractivity (Wildman–Crippen MR) is 58.0 cm³/mol. The summed E-state index contributed by atoms with van der Waals surface area (Å²) in [6.07, 6.45) is 2.67. The second kappa shape index (κ2) is 6.11. The Morgan fingerprint density at radius 2 is 2.43 bits per heavy atom. The summed E-state index contributed by atoms with van der Waals surface area (Å²) in [6.45, 7) is 0.668. The van der Waals surface area contributed by atoms with Crippen LogP contribution in [0, 0.1) is 0 Å². The van der Waals surface area contributed by atoms with Crippen molar-refractivity contribution in [1.82, 2.24) is 4.98 Å².